The quantitative estimate of drug-likeness (QED) is 0.892. The fourth-order valence-electron chi connectivity index (χ4n) is 2.30. The molecule has 2 amide bonds. The van der Waals surface area contributed by atoms with E-state index in [1.807, 2.05) is 43.3 Å². The van der Waals surface area contributed by atoms with Gasteiger partial charge in [0.2, 0.25) is 5.78 Å². The molecule has 0 radical (unpaired) electrons. The number of nitrogens with zero attached hydrogens (tertiary/aromatic N) is 1. The van der Waals surface area contributed by atoms with Gasteiger partial charge < -0.3 is 20.3 Å². The molecule has 6 nitrogen and oxygen atoms in total. The van der Waals surface area contributed by atoms with E-state index < -0.39 is 12.1 Å². The minimum atomic E-state index is -0.754. The van der Waals surface area contributed by atoms with Crippen LogP contribution in [0.4, 0.5) is 10.5 Å². The highest BCUT2D eigenvalue weighted by Crippen LogP contribution is 2.24. The van der Waals surface area contributed by atoms with Gasteiger partial charge in [-0.3, -0.25) is 4.79 Å². The number of carbonyl (C=O) groups is 2. The molecule has 118 valence electrons. The van der Waals surface area contributed by atoms with Gasteiger partial charge >= 0.3 is 6.03 Å². The van der Waals surface area contributed by atoms with Crippen molar-refractivity contribution >= 4 is 17.5 Å². The van der Waals surface area contributed by atoms with Crippen LogP contribution in [-0.2, 0) is 9.53 Å². The van der Waals surface area contributed by atoms with Crippen LogP contribution in [-0.4, -0.2) is 32.5 Å². The summed E-state index contributed by atoms with van der Waals surface area (Å²) in [6.07, 6.45) is 0. The van der Waals surface area contributed by atoms with E-state index in [1.54, 1.807) is 13.8 Å². The van der Waals surface area contributed by atoms with Crippen molar-refractivity contribution in [3.05, 3.63) is 41.3 Å². The molecule has 1 heterocycles. The molecule has 0 bridgehead atoms. The summed E-state index contributed by atoms with van der Waals surface area (Å²) < 4.78 is 5.42. The highest BCUT2D eigenvalue weighted by atomic mass is 16.5. The zero-order valence-electron chi connectivity index (χ0n) is 13.3. The van der Waals surface area contributed by atoms with Gasteiger partial charge in [-0.15, -0.1) is 0 Å². The van der Waals surface area contributed by atoms with Crippen LogP contribution in [0.15, 0.2) is 35.7 Å². The second-order valence-electron chi connectivity index (χ2n) is 5.27. The number of hydrogen-bond donors (Lipinski definition) is 2. The van der Waals surface area contributed by atoms with E-state index in [0.717, 1.165) is 11.3 Å². The standard InChI is InChI=1S/C16H21N3O3/c1-5-22-15-10(2)17-16(21)18-13(14(15)20)11-6-8-12(9-7-11)19(3)4/h6-9,13H,5H2,1-4H3,(H2,17,18,21)/t13-/m0/s1. The van der Waals surface area contributed by atoms with Gasteiger partial charge in [-0.05, 0) is 31.5 Å². The summed E-state index contributed by atoms with van der Waals surface area (Å²) in [5.41, 5.74) is 2.17. The third kappa shape index (κ3) is 3.21. The molecule has 0 unspecified atom stereocenters. The topological polar surface area (TPSA) is 70.7 Å². The van der Waals surface area contributed by atoms with Crippen LogP contribution in [0.25, 0.3) is 0 Å². The van der Waals surface area contributed by atoms with E-state index in [0.29, 0.717) is 12.3 Å². The molecule has 0 fully saturated rings. The van der Waals surface area contributed by atoms with E-state index in [4.69, 9.17) is 4.74 Å². The van der Waals surface area contributed by atoms with Gasteiger partial charge in [0.1, 0.15) is 6.04 Å². The monoisotopic (exact) mass is 303 g/mol. The first-order valence-electron chi connectivity index (χ1n) is 7.16. The lowest BCUT2D eigenvalue weighted by Crippen LogP contribution is -2.37. The minimum absolute atomic E-state index is 0.197. The van der Waals surface area contributed by atoms with E-state index >= 15 is 0 Å². The summed E-state index contributed by atoms with van der Waals surface area (Å²) in [7, 11) is 3.88. The third-order valence-electron chi connectivity index (χ3n) is 3.43. The number of nitrogens with one attached hydrogen (secondary N) is 2. The van der Waals surface area contributed by atoms with Gasteiger partial charge in [0, 0.05) is 19.8 Å². The Balaban J connectivity index is 2.36. The molecule has 1 atom stereocenters. The summed E-state index contributed by atoms with van der Waals surface area (Å²) in [5, 5.41) is 5.29. The molecule has 0 saturated heterocycles. The van der Waals surface area contributed by atoms with E-state index in [9.17, 15) is 9.59 Å². The Hall–Kier alpha value is -2.50. The molecule has 6 heteroatoms. The first-order valence-corrected chi connectivity index (χ1v) is 7.16. The van der Waals surface area contributed by atoms with Gasteiger partial charge in [0.25, 0.3) is 0 Å². The summed E-state index contributed by atoms with van der Waals surface area (Å²) in [6, 6.07) is 6.32. The van der Waals surface area contributed by atoms with Crippen molar-refractivity contribution in [3.8, 4) is 0 Å². The van der Waals surface area contributed by atoms with Crippen LogP contribution in [0.3, 0.4) is 0 Å². The third-order valence-corrected chi connectivity index (χ3v) is 3.43. The predicted octanol–water partition coefficient (Wildman–Crippen LogP) is 1.94. The molecule has 0 aromatic heterocycles. The van der Waals surface area contributed by atoms with Gasteiger partial charge in [0.15, 0.2) is 5.76 Å². The van der Waals surface area contributed by atoms with Crippen molar-refractivity contribution in [1.82, 2.24) is 10.6 Å². The largest absolute Gasteiger partial charge is 0.488 e. The summed E-state index contributed by atoms with van der Waals surface area (Å²) in [5.74, 6) is -0.0576. The number of hydrogen-bond acceptors (Lipinski definition) is 4. The van der Waals surface area contributed by atoms with E-state index in [-0.39, 0.29) is 11.5 Å². The first-order chi connectivity index (χ1) is 10.4. The lowest BCUT2D eigenvalue weighted by Gasteiger charge is -2.18. The van der Waals surface area contributed by atoms with Crippen LogP contribution in [0.5, 0.6) is 0 Å². The molecular formula is C16H21N3O3. The van der Waals surface area contributed by atoms with Crippen molar-refractivity contribution in [3.63, 3.8) is 0 Å². The Bertz CT molecular complexity index is 606. The number of rotatable bonds is 4. The SMILES string of the molecule is CCOC1=C(C)NC(=O)N[C@@H](c2ccc(N(C)C)cc2)C1=O. The Labute approximate surface area is 130 Å². The molecule has 2 N–H and O–H groups in total. The zero-order chi connectivity index (χ0) is 16.3. The number of anilines is 1. The number of carbonyl (C=O) groups excluding carboxylic acids is 2. The molecule has 0 spiro atoms. The highest BCUT2D eigenvalue weighted by Gasteiger charge is 2.31. The number of urea groups is 1. The zero-order valence-corrected chi connectivity index (χ0v) is 13.3. The van der Waals surface area contributed by atoms with E-state index in [2.05, 4.69) is 10.6 Å². The number of ketones is 1. The molecule has 1 aliphatic rings. The van der Waals surface area contributed by atoms with Crippen molar-refractivity contribution < 1.29 is 14.3 Å². The van der Waals surface area contributed by atoms with Crippen molar-refractivity contribution in [1.29, 1.82) is 0 Å². The van der Waals surface area contributed by atoms with Gasteiger partial charge in [-0.2, -0.15) is 0 Å². The van der Waals surface area contributed by atoms with E-state index in [1.165, 1.54) is 0 Å². The number of ether oxygens (including phenoxy) is 1. The predicted molar refractivity (Wildman–Crippen MR) is 84.5 cm³/mol. The summed E-state index contributed by atoms with van der Waals surface area (Å²) in [4.78, 5) is 26.5. The average molecular weight is 303 g/mol. The maximum absolute atomic E-state index is 12.7. The second kappa shape index (κ2) is 6.51. The highest BCUT2D eigenvalue weighted by molar-refractivity contribution is 6.02. The number of Topliss-reactive ketones (excluding diaryl/α,β-unsaturated/α-hetero) is 1. The lowest BCUT2D eigenvalue weighted by molar-refractivity contribution is -0.120. The molecule has 0 aliphatic carbocycles. The summed E-state index contributed by atoms with van der Waals surface area (Å²) in [6.45, 7) is 3.81. The normalized spacial score (nSPS) is 18.5. The molecule has 1 aromatic rings. The molecule has 0 saturated carbocycles. The number of benzene rings is 1. The Morgan fingerprint density at radius 3 is 2.36 bits per heavy atom. The Morgan fingerprint density at radius 1 is 1.18 bits per heavy atom. The van der Waals surface area contributed by atoms with Crippen LogP contribution in [0, 0.1) is 0 Å². The van der Waals surface area contributed by atoms with Crippen LogP contribution in [0.2, 0.25) is 0 Å². The number of amides is 2. The lowest BCUT2D eigenvalue weighted by atomic mass is 10.0. The molecular weight excluding hydrogens is 282 g/mol. The molecule has 2 rings (SSSR count). The maximum Gasteiger partial charge on any atom is 0.319 e. The fourth-order valence-corrected chi connectivity index (χ4v) is 2.30. The first kappa shape index (κ1) is 15.9. The average Bonchev–Trinajstić information content (AvgIpc) is 2.58. The van der Waals surface area contributed by atoms with Gasteiger partial charge in [-0.25, -0.2) is 4.79 Å². The van der Waals surface area contributed by atoms with Crippen molar-refractivity contribution in [2.45, 2.75) is 19.9 Å². The molecule has 1 aliphatic heterocycles. The summed E-state index contributed by atoms with van der Waals surface area (Å²) >= 11 is 0. The van der Waals surface area contributed by atoms with Crippen LogP contribution < -0.4 is 15.5 Å². The van der Waals surface area contributed by atoms with Crippen molar-refractivity contribution in [2.75, 3.05) is 25.6 Å². The van der Waals surface area contributed by atoms with Gasteiger partial charge in [-0.1, -0.05) is 12.1 Å². The van der Waals surface area contributed by atoms with Crippen LogP contribution >= 0.6 is 0 Å². The second-order valence-corrected chi connectivity index (χ2v) is 5.27. The Kier molecular flexibility index (Phi) is 4.70. The molecule has 22 heavy (non-hydrogen) atoms. The fraction of sp³-hybridized carbons (Fsp3) is 0.375. The minimum Gasteiger partial charge on any atom is -0.488 e. The van der Waals surface area contributed by atoms with Crippen molar-refractivity contribution in [2.24, 2.45) is 0 Å². The smallest absolute Gasteiger partial charge is 0.319 e. The van der Waals surface area contributed by atoms with Crippen LogP contribution in [0.1, 0.15) is 25.5 Å². The number of allylic oxidation sites excluding steroid dienone is 1. The van der Waals surface area contributed by atoms with Gasteiger partial charge in [0.05, 0.1) is 12.3 Å². The Morgan fingerprint density at radius 2 is 1.82 bits per heavy atom. The molecule has 1 aromatic carbocycles. The maximum atomic E-state index is 12.7.